The van der Waals surface area contributed by atoms with Crippen molar-refractivity contribution in [3.63, 3.8) is 0 Å². The molecular formula is C12H10BrClP+. The Hall–Kier alpha value is -0.360. The Morgan fingerprint density at radius 2 is 1.07 bits per heavy atom. The second-order valence-corrected chi connectivity index (χ2v) is 11.2. The van der Waals surface area contributed by atoms with Gasteiger partial charge in [0.15, 0.2) is 15.5 Å². The van der Waals surface area contributed by atoms with Crippen LogP contribution in [0.4, 0.5) is 0 Å². The maximum atomic E-state index is 6.61. The van der Waals surface area contributed by atoms with E-state index in [0.29, 0.717) is 0 Å². The monoisotopic (exact) mass is 299 g/mol. The van der Waals surface area contributed by atoms with Gasteiger partial charge in [0.25, 0.3) is 0 Å². The van der Waals surface area contributed by atoms with Crippen LogP contribution in [0.5, 0.6) is 0 Å². The van der Waals surface area contributed by atoms with Crippen LogP contribution in [0.3, 0.4) is 0 Å². The molecule has 3 heteroatoms. The van der Waals surface area contributed by atoms with Crippen LogP contribution in [0.25, 0.3) is 0 Å². The highest BCUT2D eigenvalue weighted by atomic mass is 79.9. The molecule has 2 aromatic carbocycles. The lowest BCUT2D eigenvalue weighted by Gasteiger charge is -2.09. The van der Waals surface area contributed by atoms with Crippen molar-refractivity contribution in [2.45, 2.75) is 0 Å². The third-order valence-electron chi connectivity index (χ3n) is 2.16. The van der Waals surface area contributed by atoms with Crippen LogP contribution in [0.1, 0.15) is 0 Å². The molecule has 0 N–H and O–H groups in total. The van der Waals surface area contributed by atoms with E-state index in [1.807, 2.05) is 36.4 Å². The van der Waals surface area contributed by atoms with Crippen molar-refractivity contribution in [2.75, 3.05) is 0 Å². The van der Waals surface area contributed by atoms with Gasteiger partial charge in [-0.05, 0) is 24.3 Å². The lowest BCUT2D eigenvalue weighted by molar-refractivity contribution is 1.76. The van der Waals surface area contributed by atoms with Crippen molar-refractivity contribution >= 4 is 42.7 Å². The van der Waals surface area contributed by atoms with E-state index in [4.69, 9.17) is 11.2 Å². The van der Waals surface area contributed by atoms with E-state index in [-0.39, 0.29) is 0 Å². The first-order chi connectivity index (χ1) is 7.21. The van der Waals surface area contributed by atoms with E-state index >= 15 is 0 Å². The molecule has 0 saturated heterocycles. The van der Waals surface area contributed by atoms with Gasteiger partial charge in [-0.1, -0.05) is 36.4 Å². The van der Waals surface area contributed by atoms with Crippen LogP contribution in [0, 0.1) is 0 Å². The van der Waals surface area contributed by atoms with Gasteiger partial charge in [-0.25, -0.2) is 0 Å². The minimum atomic E-state index is -1.86. The van der Waals surface area contributed by atoms with E-state index in [0.717, 1.165) is 10.6 Å². The molecule has 0 spiro atoms. The minimum absolute atomic E-state index is 1.15. The molecule has 0 aromatic heterocycles. The topological polar surface area (TPSA) is 0 Å². The average Bonchev–Trinajstić information content (AvgIpc) is 2.31. The standard InChI is InChI=1S/C12H10BrClP/c13-15(14,11-7-3-1-4-8-11)12-9-5-2-6-10-12/h1-10H/q+1. The molecule has 0 saturated carbocycles. The van der Waals surface area contributed by atoms with E-state index in [9.17, 15) is 0 Å². The van der Waals surface area contributed by atoms with Gasteiger partial charge in [0.1, 0.15) is 21.8 Å². The van der Waals surface area contributed by atoms with Gasteiger partial charge >= 0.3 is 0 Å². The van der Waals surface area contributed by atoms with Crippen LogP contribution >= 0.6 is 32.0 Å². The Morgan fingerprint density at radius 1 is 0.733 bits per heavy atom. The molecule has 76 valence electrons. The third-order valence-corrected chi connectivity index (χ3v) is 7.68. The van der Waals surface area contributed by atoms with Gasteiger partial charge in [0, 0.05) is 0 Å². The molecule has 0 atom stereocenters. The summed E-state index contributed by atoms with van der Waals surface area (Å²) >= 11 is 10.3. The highest BCUT2D eigenvalue weighted by molar-refractivity contribution is 9.46. The van der Waals surface area contributed by atoms with Gasteiger partial charge in [-0.3, -0.25) is 0 Å². The maximum absolute atomic E-state index is 6.61. The Kier molecular flexibility index (Phi) is 3.45. The molecule has 0 aliphatic heterocycles. The molecule has 0 amide bonds. The predicted octanol–water partition coefficient (Wildman–Crippen LogP) is 4.12. The van der Waals surface area contributed by atoms with Crippen molar-refractivity contribution in [3.8, 4) is 0 Å². The maximum Gasteiger partial charge on any atom is 0.246 e. The summed E-state index contributed by atoms with van der Waals surface area (Å²) in [6.07, 6.45) is 0. The number of halogens is 2. The summed E-state index contributed by atoms with van der Waals surface area (Å²) < 4.78 is 0. The zero-order chi connectivity index (χ0) is 10.7. The summed E-state index contributed by atoms with van der Waals surface area (Å²) in [5.74, 6) is 0. The second kappa shape index (κ2) is 4.65. The highest BCUT2D eigenvalue weighted by Crippen LogP contribution is 2.68. The molecule has 2 aromatic rings. The van der Waals surface area contributed by atoms with Crippen LogP contribution in [0.2, 0.25) is 0 Å². The van der Waals surface area contributed by atoms with Gasteiger partial charge in [0.05, 0.1) is 0 Å². The van der Waals surface area contributed by atoms with Crippen LogP contribution in [0.15, 0.2) is 60.7 Å². The molecule has 0 radical (unpaired) electrons. The van der Waals surface area contributed by atoms with E-state index < -0.39 is 5.32 Å². The Balaban J connectivity index is 2.44. The van der Waals surface area contributed by atoms with Crippen molar-refractivity contribution in [1.29, 1.82) is 0 Å². The fraction of sp³-hybridized carbons (Fsp3) is 0. The van der Waals surface area contributed by atoms with Crippen molar-refractivity contribution in [2.24, 2.45) is 0 Å². The summed E-state index contributed by atoms with van der Waals surface area (Å²) in [5.41, 5.74) is 0. The number of hydrogen-bond donors (Lipinski definition) is 0. The van der Waals surface area contributed by atoms with Gasteiger partial charge < -0.3 is 0 Å². The summed E-state index contributed by atoms with van der Waals surface area (Å²) in [5, 5.41) is 0.439. The molecule has 0 nitrogen and oxygen atoms in total. The van der Waals surface area contributed by atoms with Gasteiger partial charge in [0.2, 0.25) is 5.32 Å². The van der Waals surface area contributed by atoms with Crippen LogP contribution < -0.4 is 10.6 Å². The summed E-state index contributed by atoms with van der Waals surface area (Å²) in [6.45, 7) is 0. The lowest BCUT2D eigenvalue weighted by Crippen LogP contribution is -2.12. The Morgan fingerprint density at radius 3 is 1.40 bits per heavy atom. The lowest BCUT2D eigenvalue weighted by atomic mass is 10.4. The predicted molar refractivity (Wildman–Crippen MR) is 73.9 cm³/mol. The average molecular weight is 301 g/mol. The zero-order valence-electron chi connectivity index (χ0n) is 7.98. The van der Waals surface area contributed by atoms with E-state index in [1.54, 1.807) is 0 Å². The fourth-order valence-corrected chi connectivity index (χ4v) is 4.87. The highest BCUT2D eigenvalue weighted by Gasteiger charge is 2.39. The molecule has 2 rings (SSSR count). The van der Waals surface area contributed by atoms with E-state index in [1.165, 1.54) is 0 Å². The van der Waals surface area contributed by atoms with Gasteiger partial charge in [-0.15, -0.1) is 0 Å². The largest absolute Gasteiger partial charge is 0.246 e. The first-order valence-electron chi connectivity index (χ1n) is 4.61. The Labute approximate surface area is 103 Å². The normalized spacial score (nSPS) is 11.3. The second-order valence-electron chi connectivity index (χ2n) is 3.18. The minimum Gasteiger partial charge on any atom is -0.0620 e. The van der Waals surface area contributed by atoms with Gasteiger partial charge in [-0.2, -0.15) is 0 Å². The van der Waals surface area contributed by atoms with Crippen molar-refractivity contribution in [3.05, 3.63) is 60.7 Å². The number of rotatable bonds is 2. The summed E-state index contributed by atoms with van der Waals surface area (Å²) in [7, 11) is 0. The molecule has 15 heavy (non-hydrogen) atoms. The van der Waals surface area contributed by atoms with Crippen molar-refractivity contribution in [1.82, 2.24) is 0 Å². The first kappa shape index (κ1) is 11.1. The summed E-state index contributed by atoms with van der Waals surface area (Å²) in [6, 6.07) is 20.3. The number of hydrogen-bond acceptors (Lipinski definition) is 0. The molecule has 0 heterocycles. The van der Waals surface area contributed by atoms with Crippen molar-refractivity contribution < 1.29 is 0 Å². The molecule has 0 fully saturated rings. The SMILES string of the molecule is Cl[P+](Br)(c1ccccc1)c1ccccc1. The van der Waals surface area contributed by atoms with E-state index in [2.05, 4.69) is 39.8 Å². The third kappa shape index (κ3) is 2.42. The number of benzene rings is 2. The molecule has 0 aliphatic rings. The quantitative estimate of drug-likeness (QED) is 0.732. The van der Waals surface area contributed by atoms with Crippen LogP contribution in [-0.4, -0.2) is 0 Å². The zero-order valence-corrected chi connectivity index (χ0v) is 11.2. The fourth-order valence-electron chi connectivity index (χ4n) is 1.38. The molecular weight excluding hydrogens is 290 g/mol. The van der Waals surface area contributed by atoms with Crippen LogP contribution in [-0.2, 0) is 0 Å². The Bertz CT molecular complexity index is 386. The summed E-state index contributed by atoms with van der Waals surface area (Å²) in [4.78, 5) is 0. The smallest absolute Gasteiger partial charge is 0.0620 e. The molecule has 0 bridgehead atoms. The molecule has 0 aliphatic carbocycles. The molecule has 0 unspecified atom stereocenters. The first-order valence-corrected chi connectivity index (χ1v) is 9.32.